The molecule has 0 N–H and O–H groups in total. The van der Waals surface area contributed by atoms with Gasteiger partial charge in [0.25, 0.3) is 0 Å². The highest BCUT2D eigenvalue weighted by atomic mass is 16.3. The zero-order chi connectivity index (χ0) is 38.8. The Kier molecular flexibility index (Phi) is 7.84. The lowest BCUT2D eigenvalue weighted by molar-refractivity contribution is 0.632. The number of hydrogen-bond acceptors (Lipinski definition) is 3. The number of hydrogen-bond donors (Lipinski definition) is 0. The van der Waals surface area contributed by atoms with Crippen LogP contribution >= 0.6 is 0 Å². The van der Waals surface area contributed by atoms with Gasteiger partial charge in [0, 0.05) is 49.8 Å². The van der Waals surface area contributed by atoms with Crippen LogP contribution in [0.15, 0.2) is 211 Å². The fraction of sp³-hybridized carbons (Fsp3) is 0.0545. The van der Waals surface area contributed by atoms with Gasteiger partial charge in [-0.05, 0) is 82.2 Å². The van der Waals surface area contributed by atoms with Gasteiger partial charge in [-0.2, -0.15) is 0 Å². The molecule has 9 aromatic carbocycles. The van der Waals surface area contributed by atoms with E-state index in [1.54, 1.807) is 0 Å². The maximum atomic E-state index is 6.60. The summed E-state index contributed by atoms with van der Waals surface area (Å²) in [5, 5.41) is 4.65. The molecule has 0 saturated heterocycles. The van der Waals surface area contributed by atoms with Crippen LogP contribution in [0.4, 0.5) is 34.1 Å². The molecule has 1 aromatic heterocycles. The normalized spacial score (nSPS) is 13.1. The summed E-state index contributed by atoms with van der Waals surface area (Å²) in [5.74, 6) is 0. The molecule has 0 saturated carbocycles. The summed E-state index contributed by atoms with van der Waals surface area (Å²) >= 11 is 0. The van der Waals surface area contributed by atoms with Crippen molar-refractivity contribution < 1.29 is 4.42 Å². The lowest BCUT2D eigenvalue weighted by atomic mass is 9.73. The van der Waals surface area contributed by atoms with E-state index in [1.165, 1.54) is 33.3 Å². The van der Waals surface area contributed by atoms with E-state index in [9.17, 15) is 0 Å². The molecule has 0 atom stereocenters. The second kappa shape index (κ2) is 13.4. The third-order valence-corrected chi connectivity index (χ3v) is 12.0. The van der Waals surface area contributed by atoms with E-state index in [0.717, 1.165) is 66.9 Å². The highest BCUT2D eigenvalue weighted by Gasteiger charge is 2.38. The third kappa shape index (κ3) is 5.35. The van der Waals surface area contributed by atoms with Crippen LogP contribution in [-0.2, 0) is 5.41 Å². The van der Waals surface area contributed by atoms with Crippen molar-refractivity contribution in [3.8, 4) is 22.3 Å². The monoisotopic (exact) mass is 744 g/mol. The minimum Gasteiger partial charge on any atom is -0.455 e. The molecule has 2 heterocycles. The van der Waals surface area contributed by atoms with E-state index in [-0.39, 0.29) is 5.41 Å². The van der Waals surface area contributed by atoms with E-state index < -0.39 is 0 Å². The summed E-state index contributed by atoms with van der Waals surface area (Å²) in [7, 11) is 0. The molecule has 10 aromatic rings. The Morgan fingerprint density at radius 1 is 0.431 bits per heavy atom. The predicted octanol–water partition coefficient (Wildman–Crippen LogP) is 15.7. The Hall–Kier alpha value is -7.36. The maximum Gasteiger partial charge on any atom is 0.143 e. The molecule has 3 heteroatoms. The average Bonchev–Trinajstić information content (AvgIpc) is 3.66. The molecular weight excluding hydrogens is 705 g/mol. The Morgan fingerprint density at radius 2 is 1.05 bits per heavy atom. The van der Waals surface area contributed by atoms with Gasteiger partial charge < -0.3 is 14.2 Å². The van der Waals surface area contributed by atoms with Crippen molar-refractivity contribution in [1.29, 1.82) is 0 Å². The largest absolute Gasteiger partial charge is 0.455 e. The van der Waals surface area contributed by atoms with Crippen LogP contribution in [0.1, 0.15) is 25.0 Å². The maximum absolute atomic E-state index is 6.60. The van der Waals surface area contributed by atoms with Crippen LogP contribution in [-0.4, -0.2) is 0 Å². The Labute approximate surface area is 338 Å². The molecule has 11 rings (SSSR count). The summed E-state index contributed by atoms with van der Waals surface area (Å²) in [6.45, 7) is 4.72. The Morgan fingerprint density at radius 3 is 1.86 bits per heavy atom. The first kappa shape index (κ1) is 33.9. The number of benzene rings is 9. The molecule has 0 unspecified atom stereocenters. The molecule has 1 aliphatic rings. The summed E-state index contributed by atoms with van der Waals surface area (Å²) in [6.07, 6.45) is 0. The highest BCUT2D eigenvalue weighted by molar-refractivity contribution is 6.11. The lowest BCUT2D eigenvalue weighted by Crippen LogP contribution is -2.31. The molecule has 58 heavy (non-hydrogen) atoms. The third-order valence-electron chi connectivity index (χ3n) is 12.0. The Balaban J connectivity index is 1.17. The quantitative estimate of drug-likeness (QED) is 0.169. The number of furan rings is 1. The first-order valence-electron chi connectivity index (χ1n) is 20.0. The van der Waals surface area contributed by atoms with Crippen molar-refractivity contribution in [1.82, 2.24) is 0 Å². The summed E-state index contributed by atoms with van der Waals surface area (Å²) in [5.41, 5.74) is 15.5. The number of rotatable bonds is 6. The van der Waals surface area contributed by atoms with Gasteiger partial charge in [-0.1, -0.05) is 166 Å². The fourth-order valence-electron chi connectivity index (χ4n) is 9.24. The lowest BCUT2D eigenvalue weighted by Gasteiger charge is -2.43. The molecule has 0 fully saturated rings. The van der Waals surface area contributed by atoms with Crippen LogP contribution in [0.2, 0.25) is 0 Å². The van der Waals surface area contributed by atoms with Gasteiger partial charge in [-0.3, -0.25) is 0 Å². The molecule has 3 nitrogen and oxygen atoms in total. The van der Waals surface area contributed by atoms with Gasteiger partial charge in [0.2, 0.25) is 0 Å². The summed E-state index contributed by atoms with van der Waals surface area (Å²) < 4.78 is 6.60. The van der Waals surface area contributed by atoms with Crippen LogP contribution in [0.25, 0.3) is 55.0 Å². The number of fused-ring (bicyclic) bond motifs is 6. The number of anilines is 6. The minimum absolute atomic E-state index is 0.247. The van der Waals surface area contributed by atoms with E-state index in [4.69, 9.17) is 4.42 Å². The summed E-state index contributed by atoms with van der Waals surface area (Å²) in [6, 6.07) is 74.5. The van der Waals surface area contributed by atoms with E-state index in [1.807, 2.05) is 6.07 Å². The van der Waals surface area contributed by atoms with Crippen LogP contribution in [0.3, 0.4) is 0 Å². The van der Waals surface area contributed by atoms with Crippen molar-refractivity contribution >= 4 is 66.8 Å². The molecule has 0 bridgehead atoms. The number of nitrogens with zero attached hydrogens (tertiary/aromatic N) is 2. The minimum atomic E-state index is -0.247. The molecule has 1 aliphatic heterocycles. The second-order valence-corrected chi connectivity index (χ2v) is 15.7. The SMILES string of the molecule is CC1(C)c2ccccc2N(c2c(-c3cccc(N(c4ccccc4)c4ccccc4)c3)ccc3ccccc23)c2cc(-c3cccc4c3oc3ccccc34)ccc21. The van der Waals surface area contributed by atoms with Crippen molar-refractivity contribution in [2.45, 2.75) is 19.3 Å². The first-order valence-corrected chi connectivity index (χ1v) is 20.0. The molecule has 276 valence electrons. The van der Waals surface area contributed by atoms with E-state index >= 15 is 0 Å². The van der Waals surface area contributed by atoms with Gasteiger partial charge in [0.1, 0.15) is 11.2 Å². The molecular formula is C55H40N2O. The van der Waals surface area contributed by atoms with Gasteiger partial charge in [-0.25, -0.2) is 0 Å². The highest BCUT2D eigenvalue weighted by Crippen LogP contribution is 2.56. The van der Waals surface area contributed by atoms with Crippen molar-refractivity contribution in [3.63, 3.8) is 0 Å². The Bertz CT molecular complexity index is 3120. The van der Waals surface area contributed by atoms with Gasteiger partial charge >= 0.3 is 0 Å². The van der Waals surface area contributed by atoms with Crippen LogP contribution in [0, 0.1) is 0 Å². The van der Waals surface area contributed by atoms with Crippen LogP contribution < -0.4 is 9.80 Å². The van der Waals surface area contributed by atoms with Gasteiger partial charge in [-0.15, -0.1) is 0 Å². The van der Waals surface area contributed by atoms with Crippen molar-refractivity contribution in [2.24, 2.45) is 0 Å². The van der Waals surface area contributed by atoms with Gasteiger partial charge in [0.05, 0.1) is 17.1 Å². The second-order valence-electron chi connectivity index (χ2n) is 15.7. The topological polar surface area (TPSA) is 19.6 Å². The van der Waals surface area contributed by atoms with Crippen LogP contribution in [0.5, 0.6) is 0 Å². The molecule has 0 amide bonds. The van der Waals surface area contributed by atoms with E-state index in [2.05, 4.69) is 224 Å². The first-order chi connectivity index (χ1) is 28.5. The smallest absolute Gasteiger partial charge is 0.143 e. The zero-order valence-corrected chi connectivity index (χ0v) is 32.4. The van der Waals surface area contributed by atoms with Crippen molar-refractivity contribution in [2.75, 3.05) is 9.80 Å². The molecule has 0 spiro atoms. The number of para-hydroxylation sites is 5. The zero-order valence-electron chi connectivity index (χ0n) is 32.4. The standard InChI is InChI=1S/C55H40N2O/c1-55(2)48-28-12-13-29-50(48)57(51-36-39(32-34-49(51)55)45-26-16-27-47-46-25-11-14-30-52(46)58-54(45)47)53-43-24-10-9-17-37(43)31-33-44(53)38-18-15-23-42(35-38)56(40-19-5-3-6-20-40)41-21-7-4-8-22-41/h3-36H,1-2H3. The van der Waals surface area contributed by atoms with E-state index in [0.29, 0.717) is 0 Å². The van der Waals surface area contributed by atoms with Gasteiger partial charge in [0.15, 0.2) is 0 Å². The average molecular weight is 745 g/mol. The predicted molar refractivity (Wildman–Crippen MR) is 244 cm³/mol. The fourth-order valence-corrected chi connectivity index (χ4v) is 9.24. The van der Waals surface area contributed by atoms with Crippen molar-refractivity contribution in [3.05, 3.63) is 217 Å². The molecule has 0 aliphatic carbocycles. The summed E-state index contributed by atoms with van der Waals surface area (Å²) in [4.78, 5) is 4.87. The molecule has 0 radical (unpaired) electrons.